The Morgan fingerprint density at radius 3 is 2.47 bits per heavy atom. The van der Waals surface area contributed by atoms with Crippen LogP contribution in [0.25, 0.3) is 28.7 Å². The lowest BCUT2D eigenvalue weighted by Gasteiger charge is -2.10. The molecule has 1 amide bonds. The molecule has 1 heterocycles. The van der Waals surface area contributed by atoms with Gasteiger partial charge in [0, 0.05) is 22.0 Å². The van der Waals surface area contributed by atoms with Gasteiger partial charge < -0.3 is 0 Å². The van der Waals surface area contributed by atoms with Crippen LogP contribution in [0.4, 0.5) is 8.78 Å². The van der Waals surface area contributed by atoms with Gasteiger partial charge in [-0.1, -0.05) is 41.4 Å². The monoisotopic (exact) mass is 521 g/mol. The molecular formula is C23H15Cl2F2N3O3S. The molecule has 0 saturated carbocycles. The SMILES string of the molecule is CS(=O)(=O)NC(=O)c1cc(Cl)c(-n2nc(C=Cc3ccccc3F)c3cc(Cl)ccc32)cc1F. The largest absolute Gasteiger partial charge is 0.268 e. The van der Waals surface area contributed by atoms with Crippen LogP contribution in [-0.4, -0.2) is 30.4 Å². The van der Waals surface area contributed by atoms with E-state index in [1.807, 2.05) is 0 Å². The Morgan fingerprint density at radius 1 is 1.03 bits per heavy atom. The predicted molar refractivity (Wildman–Crippen MR) is 129 cm³/mol. The van der Waals surface area contributed by atoms with E-state index in [0.717, 1.165) is 18.4 Å². The molecule has 0 spiro atoms. The number of nitrogens with one attached hydrogen (secondary N) is 1. The third-order valence-corrected chi connectivity index (χ3v) is 5.88. The van der Waals surface area contributed by atoms with Crippen molar-refractivity contribution in [2.45, 2.75) is 0 Å². The Hall–Kier alpha value is -3.27. The van der Waals surface area contributed by atoms with Gasteiger partial charge >= 0.3 is 0 Å². The Bertz CT molecular complexity index is 1580. The Kier molecular flexibility index (Phi) is 6.44. The number of halogens is 4. The van der Waals surface area contributed by atoms with Gasteiger partial charge in [0.15, 0.2) is 0 Å². The molecule has 1 aromatic heterocycles. The smallest absolute Gasteiger partial charge is 0.267 e. The second-order valence-corrected chi connectivity index (χ2v) is 9.89. The highest BCUT2D eigenvalue weighted by Crippen LogP contribution is 2.31. The lowest BCUT2D eigenvalue weighted by Crippen LogP contribution is -2.30. The molecule has 6 nitrogen and oxygen atoms in total. The van der Waals surface area contributed by atoms with Gasteiger partial charge in [-0.25, -0.2) is 26.6 Å². The summed E-state index contributed by atoms with van der Waals surface area (Å²) in [5.74, 6) is -2.56. The maximum absolute atomic E-state index is 14.8. The van der Waals surface area contributed by atoms with Crippen LogP contribution in [-0.2, 0) is 10.0 Å². The average Bonchev–Trinajstić information content (AvgIpc) is 3.10. The summed E-state index contributed by atoms with van der Waals surface area (Å²) in [6.07, 6.45) is 3.91. The van der Waals surface area contributed by atoms with Crippen molar-refractivity contribution in [1.29, 1.82) is 0 Å². The van der Waals surface area contributed by atoms with E-state index in [4.69, 9.17) is 23.2 Å². The van der Waals surface area contributed by atoms with E-state index in [0.29, 0.717) is 27.2 Å². The van der Waals surface area contributed by atoms with Crippen LogP contribution >= 0.6 is 23.2 Å². The summed E-state index contributed by atoms with van der Waals surface area (Å²) in [5.41, 5.74) is 0.840. The van der Waals surface area contributed by atoms with Crippen LogP contribution in [0.15, 0.2) is 54.6 Å². The zero-order valence-electron chi connectivity index (χ0n) is 17.4. The third-order valence-electron chi connectivity index (χ3n) is 4.78. The minimum absolute atomic E-state index is 0.0518. The van der Waals surface area contributed by atoms with E-state index in [-0.39, 0.29) is 10.7 Å². The number of hydrogen-bond donors (Lipinski definition) is 1. The van der Waals surface area contributed by atoms with Crippen LogP contribution < -0.4 is 4.72 Å². The Morgan fingerprint density at radius 2 is 1.76 bits per heavy atom. The predicted octanol–water partition coefficient (Wildman–Crippen LogP) is 5.47. The highest BCUT2D eigenvalue weighted by atomic mass is 35.5. The maximum atomic E-state index is 14.8. The second kappa shape index (κ2) is 9.17. The van der Waals surface area contributed by atoms with Crippen molar-refractivity contribution in [3.05, 3.63) is 93.1 Å². The topological polar surface area (TPSA) is 81.1 Å². The van der Waals surface area contributed by atoms with Crippen molar-refractivity contribution < 1.29 is 22.0 Å². The van der Waals surface area contributed by atoms with Crippen molar-refractivity contribution in [2.24, 2.45) is 0 Å². The molecule has 0 aliphatic carbocycles. The van der Waals surface area contributed by atoms with Crippen LogP contribution in [0.1, 0.15) is 21.6 Å². The highest BCUT2D eigenvalue weighted by molar-refractivity contribution is 7.89. The van der Waals surface area contributed by atoms with Gasteiger partial charge in [0.2, 0.25) is 10.0 Å². The molecule has 3 aromatic carbocycles. The molecular weight excluding hydrogens is 507 g/mol. The number of carbonyl (C=O) groups is 1. The summed E-state index contributed by atoms with van der Waals surface area (Å²) >= 11 is 12.5. The van der Waals surface area contributed by atoms with E-state index in [9.17, 15) is 22.0 Å². The average molecular weight is 522 g/mol. The van der Waals surface area contributed by atoms with Crippen molar-refractivity contribution in [2.75, 3.05) is 6.26 Å². The molecule has 4 rings (SSSR count). The zero-order chi connectivity index (χ0) is 24.6. The molecule has 0 aliphatic rings. The number of fused-ring (bicyclic) bond motifs is 1. The summed E-state index contributed by atoms with van der Waals surface area (Å²) in [7, 11) is -3.90. The van der Waals surface area contributed by atoms with E-state index < -0.39 is 33.1 Å². The van der Waals surface area contributed by atoms with Gasteiger partial charge in [-0.05, 0) is 42.5 Å². The van der Waals surface area contributed by atoms with Crippen LogP contribution in [0.5, 0.6) is 0 Å². The van der Waals surface area contributed by atoms with Crippen molar-refractivity contribution in [3.63, 3.8) is 0 Å². The molecule has 174 valence electrons. The van der Waals surface area contributed by atoms with E-state index in [2.05, 4.69) is 5.10 Å². The second-order valence-electron chi connectivity index (χ2n) is 7.30. The van der Waals surface area contributed by atoms with E-state index >= 15 is 0 Å². The Labute approximate surface area is 203 Å². The van der Waals surface area contributed by atoms with Crippen molar-refractivity contribution in [3.8, 4) is 5.69 Å². The number of carbonyl (C=O) groups excluding carboxylic acids is 1. The molecule has 34 heavy (non-hydrogen) atoms. The Balaban J connectivity index is 1.83. The summed E-state index contributed by atoms with van der Waals surface area (Å²) in [6.45, 7) is 0. The third kappa shape index (κ3) is 4.96. The number of amides is 1. The fourth-order valence-electron chi connectivity index (χ4n) is 3.30. The molecule has 0 saturated heterocycles. The fraction of sp³-hybridized carbons (Fsp3) is 0.0435. The first-order chi connectivity index (χ1) is 16.0. The summed E-state index contributed by atoms with van der Waals surface area (Å²) in [5, 5.41) is 5.45. The number of sulfonamides is 1. The first kappa shape index (κ1) is 23.9. The summed E-state index contributed by atoms with van der Waals surface area (Å²) in [4.78, 5) is 12.1. The number of rotatable bonds is 5. The molecule has 0 aliphatic heterocycles. The van der Waals surface area contributed by atoms with Gasteiger partial charge in [-0.15, -0.1) is 0 Å². The van der Waals surface area contributed by atoms with Crippen LogP contribution in [0.2, 0.25) is 10.0 Å². The molecule has 0 bridgehead atoms. The molecule has 0 atom stereocenters. The van der Waals surface area contributed by atoms with Gasteiger partial charge in [-0.2, -0.15) is 5.10 Å². The molecule has 11 heteroatoms. The quantitative estimate of drug-likeness (QED) is 0.377. The van der Waals surface area contributed by atoms with Gasteiger partial charge in [0.1, 0.15) is 11.6 Å². The molecule has 0 unspecified atom stereocenters. The standard InChI is InChI=1S/C23H15Cl2F2N3O3S/c1-34(32,33)29-23(31)15-11-17(25)22(12-19(15)27)30-21-9-7-14(24)10-16(21)20(28-30)8-6-13-4-2-3-5-18(13)26/h2-12H,1H3,(H,29,31). The molecule has 1 N–H and O–H groups in total. The van der Waals surface area contributed by atoms with E-state index in [1.54, 1.807) is 53.3 Å². The lowest BCUT2D eigenvalue weighted by atomic mass is 10.1. The summed E-state index contributed by atoms with van der Waals surface area (Å²) < 4.78 is 54.5. The van der Waals surface area contributed by atoms with Crippen LogP contribution in [0.3, 0.4) is 0 Å². The van der Waals surface area contributed by atoms with Gasteiger partial charge in [0.05, 0.1) is 33.7 Å². The zero-order valence-corrected chi connectivity index (χ0v) is 19.7. The minimum atomic E-state index is -3.90. The number of benzene rings is 3. The highest BCUT2D eigenvalue weighted by Gasteiger charge is 2.21. The van der Waals surface area contributed by atoms with Crippen LogP contribution in [0, 0.1) is 11.6 Å². The number of aromatic nitrogens is 2. The van der Waals surface area contributed by atoms with Gasteiger partial charge in [-0.3, -0.25) is 4.79 Å². The maximum Gasteiger partial charge on any atom is 0.267 e. The molecule has 0 radical (unpaired) electrons. The van der Waals surface area contributed by atoms with Crippen molar-refractivity contribution in [1.82, 2.24) is 14.5 Å². The number of hydrogen-bond acceptors (Lipinski definition) is 4. The van der Waals surface area contributed by atoms with Gasteiger partial charge in [0.25, 0.3) is 5.91 Å². The first-order valence-corrected chi connectivity index (χ1v) is 12.3. The summed E-state index contributed by atoms with van der Waals surface area (Å²) in [6, 6.07) is 13.1. The fourth-order valence-corrected chi connectivity index (χ4v) is 4.16. The normalized spacial score (nSPS) is 11.9. The van der Waals surface area contributed by atoms with Crippen molar-refractivity contribution >= 4 is 62.2 Å². The number of nitrogens with zero attached hydrogens (tertiary/aromatic N) is 2. The molecule has 4 aromatic rings. The van der Waals surface area contributed by atoms with E-state index in [1.165, 1.54) is 10.7 Å². The lowest BCUT2D eigenvalue weighted by molar-refractivity contribution is 0.0978. The molecule has 0 fully saturated rings. The minimum Gasteiger partial charge on any atom is -0.268 e. The first-order valence-electron chi connectivity index (χ1n) is 9.66.